The Balaban J connectivity index is 2.11. The zero-order valence-electron chi connectivity index (χ0n) is 9.35. The van der Waals surface area contributed by atoms with E-state index in [1.165, 1.54) is 0 Å². The van der Waals surface area contributed by atoms with E-state index < -0.39 is 0 Å². The summed E-state index contributed by atoms with van der Waals surface area (Å²) in [5.41, 5.74) is 4.45. The van der Waals surface area contributed by atoms with Crippen LogP contribution in [0.15, 0.2) is 48.8 Å². The van der Waals surface area contributed by atoms with Gasteiger partial charge in [0.05, 0.1) is 0 Å². The third kappa shape index (κ3) is 3.04. The van der Waals surface area contributed by atoms with E-state index in [0.29, 0.717) is 10.6 Å². The number of hydrogen-bond acceptors (Lipinski definition) is 1. The minimum atomic E-state index is -0.171. The second-order valence-corrected chi connectivity index (χ2v) is 4.17. The van der Waals surface area contributed by atoms with Crippen molar-refractivity contribution in [3.05, 3.63) is 64.9 Å². The molecule has 0 aliphatic heterocycles. The highest BCUT2D eigenvalue weighted by molar-refractivity contribution is 6.30. The molecule has 86 valence electrons. The van der Waals surface area contributed by atoms with Gasteiger partial charge in [0.1, 0.15) is 0 Å². The van der Waals surface area contributed by atoms with Gasteiger partial charge in [-0.1, -0.05) is 16.3 Å². The number of carbonyl (C=O) groups excluding carboxylic acids is 1. The van der Waals surface area contributed by atoms with E-state index in [-0.39, 0.29) is 5.91 Å². The second kappa shape index (κ2) is 4.97. The monoisotopic (exact) mass is 247 g/mol. The quantitative estimate of drug-likeness (QED) is 0.812. The lowest BCUT2D eigenvalue weighted by atomic mass is 10.2. The fourth-order valence-electron chi connectivity index (χ4n) is 1.36. The predicted octanol–water partition coefficient (Wildman–Crippen LogP) is 2.32. The molecule has 2 rings (SSSR count). The zero-order valence-corrected chi connectivity index (χ0v) is 10.1. The van der Waals surface area contributed by atoms with Crippen LogP contribution in [0.3, 0.4) is 0 Å². The van der Waals surface area contributed by atoms with Gasteiger partial charge in [0, 0.05) is 22.7 Å². The number of aryl methyl sites for hydroxylation is 1. The highest BCUT2D eigenvalue weighted by atomic mass is 35.5. The highest BCUT2D eigenvalue weighted by Crippen LogP contribution is 2.09. The van der Waals surface area contributed by atoms with Crippen LogP contribution in [0.1, 0.15) is 15.9 Å². The van der Waals surface area contributed by atoms with Crippen LogP contribution >= 0.6 is 11.6 Å². The summed E-state index contributed by atoms with van der Waals surface area (Å²) in [4.78, 5) is 11.8. The standard InChI is InChI=1S/C13H11ClN2O/c1-10-6-8-16(9-7-10)15-13(17)11-2-4-12(14)5-3-11/h2-9H,1H3/p+1. The second-order valence-electron chi connectivity index (χ2n) is 3.73. The summed E-state index contributed by atoms with van der Waals surface area (Å²) in [6, 6.07) is 10.6. The van der Waals surface area contributed by atoms with Crippen LogP contribution in [0, 0.1) is 6.92 Å². The molecule has 1 N–H and O–H groups in total. The van der Waals surface area contributed by atoms with Crippen molar-refractivity contribution in [2.45, 2.75) is 6.92 Å². The van der Waals surface area contributed by atoms with Crippen molar-refractivity contribution in [1.29, 1.82) is 0 Å². The van der Waals surface area contributed by atoms with E-state index in [1.54, 1.807) is 41.3 Å². The molecule has 2 aromatic rings. The number of nitrogens with one attached hydrogen (secondary N) is 1. The Labute approximate surface area is 105 Å². The van der Waals surface area contributed by atoms with Crippen LogP contribution in [0.2, 0.25) is 5.02 Å². The van der Waals surface area contributed by atoms with Crippen LogP contribution in [0.5, 0.6) is 0 Å². The van der Waals surface area contributed by atoms with Crippen molar-refractivity contribution in [2.75, 3.05) is 5.43 Å². The fraction of sp³-hybridized carbons (Fsp3) is 0.0769. The predicted molar refractivity (Wildman–Crippen MR) is 66.5 cm³/mol. The first-order valence-electron chi connectivity index (χ1n) is 5.20. The van der Waals surface area contributed by atoms with Crippen molar-refractivity contribution in [2.24, 2.45) is 0 Å². The molecule has 4 heteroatoms. The number of nitrogens with zero attached hydrogens (tertiary/aromatic N) is 1. The molecule has 0 radical (unpaired) electrons. The molecule has 3 nitrogen and oxygen atoms in total. The van der Waals surface area contributed by atoms with E-state index in [4.69, 9.17) is 11.6 Å². The molecule has 1 aromatic heterocycles. The number of hydrogen-bond donors (Lipinski definition) is 1. The van der Waals surface area contributed by atoms with Crippen LogP contribution in [0.25, 0.3) is 0 Å². The first-order valence-corrected chi connectivity index (χ1v) is 5.58. The fourth-order valence-corrected chi connectivity index (χ4v) is 1.48. The molecule has 1 heterocycles. The third-order valence-corrected chi connectivity index (χ3v) is 2.59. The molecule has 0 atom stereocenters. The summed E-state index contributed by atoms with van der Waals surface area (Å²) in [7, 11) is 0. The Bertz CT molecular complexity index is 520. The van der Waals surface area contributed by atoms with Crippen molar-refractivity contribution in [1.82, 2.24) is 0 Å². The lowest BCUT2D eigenvalue weighted by molar-refractivity contribution is -0.641. The molecule has 0 unspecified atom stereocenters. The average molecular weight is 248 g/mol. The van der Waals surface area contributed by atoms with Crippen molar-refractivity contribution < 1.29 is 9.47 Å². The number of benzene rings is 1. The van der Waals surface area contributed by atoms with E-state index in [9.17, 15) is 4.79 Å². The number of aromatic nitrogens is 1. The van der Waals surface area contributed by atoms with Crippen LogP contribution in [-0.2, 0) is 0 Å². The molecule has 0 aliphatic rings. The van der Waals surface area contributed by atoms with E-state index in [1.807, 2.05) is 19.1 Å². The molecule has 0 fully saturated rings. The summed E-state index contributed by atoms with van der Waals surface area (Å²) in [6.45, 7) is 1.99. The SMILES string of the molecule is Cc1cc[n+](NC(=O)c2ccc(Cl)cc2)cc1. The Kier molecular flexibility index (Phi) is 3.40. The van der Waals surface area contributed by atoms with Gasteiger partial charge < -0.3 is 0 Å². The van der Waals surface area contributed by atoms with Gasteiger partial charge >= 0.3 is 5.91 Å². The Morgan fingerprint density at radius 3 is 2.29 bits per heavy atom. The van der Waals surface area contributed by atoms with Gasteiger partial charge in [0.25, 0.3) is 0 Å². The van der Waals surface area contributed by atoms with Gasteiger partial charge in [-0.05, 0) is 36.8 Å². The van der Waals surface area contributed by atoms with Crippen molar-refractivity contribution >= 4 is 17.5 Å². The average Bonchev–Trinajstić information content (AvgIpc) is 2.33. The van der Waals surface area contributed by atoms with Crippen molar-refractivity contribution in [3.63, 3.8) is 0 Å². The number of rotatable bonds is 2. The first kappa shape index (κ1) is 11.6. The smallest absolute Gasteiger partial charge is 0.264 e. The van der Waals surface area contributed by atoms with Gasteiger partial charge in [-0.15, -0.1) is 5.43 Å². The van der Waals surface area contributed by atoms with Gasteiger partial charge in [-0.2, -0.15) is 0 Å². The lowest BCUT2D eigenvalue weighted by Gasteiger charge is -2.00. The maximum Gasteiger partial charge on any atom is 0.305 e. The molecule has 0 saturated carbocycles. The topological polar surface area (TPSA) is 33.0 Å². The highest BCUT2D eigenvalue weighted by Gasteiger charge is 2.09. The Hall–Kier alpha value is -1.87. The maximum atomic E-state index is 11.8. The molecular weight excluding hydrogens is 236 g/mol. The normalized spacial score (nSPS) is 10.0. The molecule has 0 bridgehead atoms. The summed E-state index contributed by atoms with van der Waals surface area (Å²) >= 11 is 5.76. The number of pyridine rings is 1. The summed E-state index contributed by atoms with van der Waals surface area (Å²) in [6.07, 6.45) is 3.59. The molecule has 0 aliphatic carbocycles. The molecule has 1 amide bonds. The molecule has 17 heavy (non-hydrogen) atoms. The minimum Gasteiger partial charge on any atom is -0.264 e. The number of halogens is 1. The maximum absolute atomic E-state index is 11.8. The molecule has 1 aromatic carbocycles. The summed E-state index contributed by atoms with van der Waals surface area (Å²) < 4.78 is 1.62. The minimum absolute atomic E-state index is 0.171. The van der Waals surface area contributed by atoms with E-state index in [2.05, 4.69) is 5.43 Å². The van der Waals surface area contributed by atoms with Crippen LogP contribution in [0.4, 0.5) is 0 Å². The van der Waals surface area contributed by atoms with Crippen LogP contribution < -0.4 is 10.1 Å². The van der Waals surface area contributed by atoms with Gasteiger partial charge in [-0.25, -0.2) is 0 Å². The molecule has 0 spiro atoms. The zero-order chi connectivity index (χ0) is 12.3. The largest absolute Gasteiger partial charge is 0.305 e. The van der Waals surface area contributed by atoms with Crippen LogP contribution in [-0.4, -0.2) is 5.91 Å². The van der Waals surface area contributed by atoms with Crippen molar-refractivity contribution in [3.8, 4) is 0 Å². The van der Waals surface area contributed by atoms with Gasteiger partial charge in [0.2, 0.25) is 0 Å². The lowest BCUT2D eigenvalue weighted by Crippen LogP contribution is -2.47. The van der Waals surface area contributed by atoms with Gasteiger partial charge in [0.15, 0.2) is 12.4 Å². The summed E-state index contributed by atoms with van der Waals surface area (Å²) in [5.74, 6) is -0.171. The van der Waals surface area contributed by atoms with Gasteiger partial charge in [-0.3, -0.25) is 4.79 Å². The third-order valence-electron chi connectivity index (χ3n) is 2.33. The first-order chi connectivity index (χ1) is 8.15. The molecular formula is C13H12ClN2O+. The van der Waals surface area contributed by atoms with E-state index in [0.717, 1.165) is 5.56 Å². The Morgan fingerprint density at radius 1 is 1.12 bits per heavy atom. The molecule has 0 saturated heterocycles. The number of amides is 1. The van der Waals surface area contributed by atoms with E-state index >= 15 is 0 Å². The summed E-state index contributed by atoms with van der Waals surface area (Å²) in [5, 5.41) is 0.615. The Morgan fingerprint density at radius 2 is 1.71 bits per heavy atom. The number of carbonyl (C=O) groups is 1.